The maximum Gasteiger partial charge on any atom is 0.264 e. The van der Waals surface area contributed by atoms with Gasteiger partial charge in [-0.1, -0.05) is 76.6 Å². The van der Waals surface area contributed by atoms with E-state index < -0.39 is 11.8 Å². The summed E-state index contributed by atoms with van der Waals surface area (Å²) in [6.07, 6.45) is 0. The van der Waals surface area contributed by atoms with Crippen LogP contribution in [0.1, 0.15) is 22.6 Å². The maximum absolute atomic E-state index is 12.9. The number of carbonyl (C=O) groups is 2. The first kappa shape index (κ1) is 23.4. The van der Waals surface area contributed by atoms with E-state index in [0.717, 1.165) is 21.2 Å². The minimum Gasteiger partial charge on any atom is -0.483 e. The molecule has 164 valence electrons. The topological polar surface area (TPSA) is 79.5 Å². The van der Waals surface area contributed by atoms with E-state index in [9.17, 15) is 9.59 Å². The van der Waals surface area contributed by atoms with Crippen molar-refractivity contribution in [2.75, 3.05) is 6.61 Å². The molecular formula is C24H22BrN3O3S. The van der Waals surface area contributed by atoms with Crippen LogP contribution >= 0.6 is 28.1 Å². The zero-order valence-corrected chi connectivity index (χ0v) is 19.7. The Kier molecular flexibility index (Phi) is 8.35. The predicted molar refractivity (Wildman–Crippen MR) is 131 cm³/mol. The molecule has 3 aromatic carbocycles. The quantitative estimate of drug-likeness (QED) is 0.344. The molecule has 0 saturated carbocycles. The number of hydrogen-bond donors (Lipinski definition) is 3. The first-order chi connectivity index (χ1) is 15.4. The average Bonchev–Trinajstić information content (AvgIpc) is 2.79. The molecule has 0 radical (unpaired) electrons. The summed E-state index contributed by atoms with van der Waals surface area (Å²) in [5, 5.41) is 2.46. The number of nitrogens with one attached hydrogen (secondary N) is 3. The molecule has 3 N–H and O–H groups in total. The molecule has 0 bridgehead atoms. The van der Waals surface area contributed by atoms with Crippen molar-refractivity contribution < 1.29 is 14.3 Å². The third kappa shape index (κ3) is 6.63. The molecule has 3 rings (SSSR count). The fraction of sp³-hybridized carbons (Fsp3) is 0.125. The summed E-state index contributed by atoms with van der Waals surface area (Å²) >= 11 is 8.51. The van der Waals surface area contributed by atoms with Gasteiger partial charge in [-0.3, -0.25) is 25.8 Å². The van der Waals surface area contributed by atoms with Gasteiger partial charge in [0.25, 0.3) is 5.91 Å². The first-order valence-electron chi connectivity index (χ1n) is 9.82. The van der Waals surface area contributed by atoms with Gasteiger partial charge >= 0.3 is 0 Å². The molecule has 2 amide bonds. The molecule has 0 aliphatic heterocycles. The van der Waals surface area contributed by atoms with Gasteiger partial charge in [0.2, 0.25) is 5.91 Å². The van der Waals surface area contributed by atoms with Crippen LogP contribution in [-0.4, -0.2) is 23.5 Å². The van der Waals surface area contributed by atoms with Crippen LogP contribution in [0.5, 0.6) is 5.75 Å². The lowest BCUT2D eigenvalue weighted by molar-refractivity contribution is -0.123. The zero-order valence-electron chi connectivity index (χ0n) is 17.3. The highest BCUT2D eigenvalue weighted by molar-refractivity contribution is 9.10. The van der Waals surface area contributed by atoms with E-state index in [-0.39, 0.29) is 17.6 Å². The highest BCUT2D eigenvalue weighted by atomic mass is 79.9. The van der Waals surface area contributed by atoms with Crippen LogP contribution in [0.4, 0.5) is 0 Å². The molecule has 0 saturated heterocycles. The van der Waals surface area contributed by atoms with Crippen molar-refractivity contribution in [1.82, 2.24) is 16.2 Å². The van der Waals surface area contributed by atoms with Crippen LogP contribution < -0.4 is 20.9 Å². The fourth-order valence-electron chi connectivity index (χ4n) is 3.09. The highest BCUT2D eigenvalue weighted by Crippen LogP contribution is 2.24. The maximum atomic E-state index is 12.9. The molecule has 0 fully saturated rings. The molecule has 8 heteroatoms. The Balaban J connectivity index is 1.54. The predicted octanol–water partition coefficient (Wildman–Crippen LogP) is 3.99. The highest BCUT2D eigenvalue weighted by Gasteiger charge is 2.22. The van der Waals surface area contributed by atoms with Gasteiger partial charge < -0.3 is 4.74 Å². The SMILES string of the molecule is Cc1cc(Br)ccc1OCC(=O)NC(=S)NNC(=O)C(c1ccccc1)c1ccccc1. The van der Waals surface area contributed by atoms with Crippen molar-refractivity contribution in [3.05, 3.63) is 100 Å². The van der Waals surface area contributed by atoms with Gasteiger partial charge in [-0.2, -0.15) is 0 Å². The normalized spacial score (nSPS) is 10.3. The summed E-state index contributed by atoms with van der Waals surface area (Å²) in [6.45, 7) is 1.67. The summed E-state index contributed by atoms with van der Waals surface area (Å²) in [4.78, 5) is 25.1. The van der Waals surface area contributed by atoms with Crippen LogP contribution in [0.25, 0.3) is 0 Å². The minimum atomic E-state index is -0.535. The van der Waals surface area contributed by atoms with Crippen molar-refractivity contribution in [2.45, 2.75) is 12.8 Å². The van der Waals surface area contributed by atoms with Crippen molar-refractivity contribution in [3.63, 3.8) is 0 Å². The second kappa shape index (κ2) is 11.4. The number of hydrogen-bond acceptors (Lipinski definition) is 4. The van der Waals surface area contributed by atoms with E-state index in [0.29, 0.717) is 5.75 Å². The third-order valence-corrected chi connectivity index (χ3v) is 5.27. The monoisotopic (exact) mass is 511 g/mol. The molecule has 0 aliphatic rings. The van der Waals surface area contributed by atoms with Crippen LogP contribution in [0.3, 0.4) is 0 Å². The van der Waals surface area contributed by atoms with E-state index in [2.05, 4.69) is 32.1 Å². The zero-order chi connectivity index (χ0) is 22.9. The Labute approximate surface area is 200 Å². The molecule has 0 aromatic heterocycles. The Bertz CT molecular complexity index is 1050. The van der Waals surface area contributed by atoms with Crippen molar-refractivity contribution in [2.24, 2.45) is 0 Å². The van der Waals surface area contributed by atoms with Gasteiger partial charge in [-0.25, -0.2) is 0 Å². The number of amides is 2. The smallest absolute Gasteiger partial charge is 0.264 e. The molecule has 3 aromatic rings. The standard InChI is InChI=1S/C24H22BrN3O3S/c1-16-14-19(25)12-13-20(16)31-15-21(29)26-24(32)28-27-23(30)22(17-8-4-2-5-9-17)18-10-6-3-7-11-18/h2-14,22H,15H2,1H3,(H,27,30)(H2,26,28,29,32). The van der Waals surface area contributed by atoms with E-state index >= 15 is 0 Å². The lowest BCUT2D eigenvalue weighted by Crippen LogP contribution is -2.50. The number of ether oxygens (including phenoxy) is 1. The number of thiocarbonyl (C=S) groups is 1. The molecule has 32 heavy (non-hydrogen) atoms. The Morgan fingerprint density at radius 3 is 2.09 bits per heavy atom. The van der Waals surface area contributed by atoms with Gasteiger partial charge in [0.1, 0.15) is 5.75 Å². The summed E-state index contributed by atoms with van der Waals surface area (Å²) in [5.41, 5.74) is 7.75. The second-order valence-corrected chi connectivity index (χ2v) is 8.27. The molecule has 6 nitrogen and oxygen atoms in total. The molecule has 0 heterocycles. The largest absolute Gasteiger partial charge is 0.483 e. The lowest BCUT2D eigenvalue weighted by Gasteiger charge is -2.19. The van der Waals surface area contributed by atoms with Crippen LogP contribution in [0.2, 0.25) is 0 Å². The van der Waals surface area contributed by atoms with Crippen LogP contribution in [0, 0.1) is 6.92 Å². The summed E-state index contributed by atoms with van der Waals surface area (Å²) in [6, 6.07) is 24.4. The Morgan fingerprint density at radius 2 is 1.53 bits per heavy atom. The molecule has 0 aliphatic carbocycles. The Morgan fingerprint density at radius 1 is 0.938 bits per heavy atom. The third-order valence-electron chi connectivity index (χ3n) is 4.58. The van der Waals surface area contributed by atoms with Crippen molar-refractivity contribution in [1.29, 1.82) is 0 Å². The van der Waals surface area contributed by atoms with Crippen LogP contribution in [0.15, 0.2) is 83.3 Å². The van der Waals surface area contributed by atoms with Gasteiger partial charge in [-0.05, 0) is 54.0 Å². The average molecular weight is 512 g/mol. The summed E-state index contributed by atoms with van der Waals surface area (Å²) < 4.78 is 6.45. The minimum absolute atomic E-state index is 0.0284. The number of hydrazine groups is 1. The number of rotatable bonds is 6. The second-order valence-electron chi connectivity index (χ2n) is 6.94. The number of benzene rings is 3. The molecule has 0 spiro atoms. The summed E-state index contributed by atoms with van der Waals surface area (Å²) in [5.74, 6) is -0.682. The summed E-state index contributed by atoms with van der Waals surface area (Å²) in [7, 11) is 0. The molecular weight excluding hydrogens is 490 g/mol. The van der Waals surface area contributed by atoms with E-state index in [4.69, 9.17) is 17.0 Å². The molecule has 0 atom stereocenters. The first-order valence-corrected chi connectivity index (χ1v) is 11.0. The van der Waals surface area contributed by atoms with E-state index in [1.807, 2.05) is 79.7 Å². The number of halogens is 1. The van der Waals surface area contributed by atoms with Gasteiger partial charge in [0, 0.05) is 4.47 Å². The number of carbonyl (C=O) groups excluding carboxylic acids is 2. The number of aryl methyl sites for hydroxylation is 1. The van der Waals surface area contributed by atoms with Crippen LogP contribution in [-0.2, 0) is 9.59 Å². The Hall–Kier alpha value is -3.23. The molecule has 0 unspecified atom stereocenters. The van der Waals surface area contributed by atoms with Gasteiger partial charge in [-0.15, -0.1) is 0 Å². The van der Waals surface area contributed by atoms with Gasteiger partial charge in [0.15, 0.2) is 11.7 Å². The fourth-order valence-corrected chi connectivity index (χ4v) is 3.73. The van der Waals surface area contributed by atoms with E-state index in [1.54, 1.807) is 6.07 Å². The lowest BCUT2D eigenvalue weighted by atomic mass is 9.91. The van der Waals surface area contributed by atoms with Crippen molar-refractivity contribution in [3.8, 4) is 5.75 Å². The van der Waals surface area contributed by atoms with Crippen molar-refractivity contribution >= 4 is 45.1 Å². The van der Waals surface area contributed by atoms with Gasteiger partial charge in [0.05, 0.1) is 5.92 Å². The van der Waals surface area contributed by atoms with E-state index in [1.165, 1.54) is 0 Å².